The van der Waals surface area contributed by atoms with E-state index >= 15 is 0 Å². The first-order valence-corrected chi connectivity index (χ1v) is 24.1. The Hall–Kier alpha value is -3.45. The number of fused-ring (bicyclic) bond motifs is 5. The van der Waals surface area contributed by atoms with Crippen LogP contribution in [0.25, 0.3) is 0 Å². The van der Waals surface area contributed by atoms with Gasteiger partial charge < -0.3 is 56.2 Å². The van der Waals surface area contributed by atoms with Gasteiger partial charge in [0, 0.05) is 78.2 Å². The molecule has 1 aromatic rings. The molecule has 4 fully saturated rings. The molecule has 12 atom stereocenters. The van der Waals surface area contributed by atoms with Crippen molar-refractivity contribution in [1.82, 2.24) is 20.0 Å². The van der Waals surface area contributed by atoms with Gasteiger partial charge in [-0.15, -0.1) is 0 Å². The fraction of sp³-hybridized carbons (Fsp3) is 0.729. The van der Waals surface area contributed by atoms with Gasteiger partial charge in [0.05, 0.1) is 64.2 Å². The molecule has 1 unspecified atom stereocenters. The number of carbonyl (C=O) groups excluding carboxylic acids is 2. The molecule has 70 heavy (non-hydrogen) atoms. The number of carboxylic acids is 5. The van der Waals surface area contributed by atoms with Gasteiger partial charge in [0.2, 0.25) is 11.8 Å². The molecule has 0 bridgehead atoms. The minimum absolute atomic E-state index is 0. The maximum atomic E-state index is 13.0. The van der Waals surface area contributed by atoms with Crippen LogP contribution < -0.4 is 10.6 Å². The van der Waals surface area contributed by atoms with Crippen molar-refractivity contribution in [2.45, 2.75) is 110 Å². The zero-order chi connectivity index (χ0) is 50.8. The SMILES string of the molecule is C[C@H](CCC(=O)NCC(=O)Nc1ccc(COCC(C(=O)O)N(CCN(CCN(CC(=O)O)CC(=O)O)CC(=O)O)CC(=O)O)cc1)[C@H]1CC[C@H]2[C@@H]3[C@H](O)C[C@@H]4C[C@H](O)CC[C@]4(C)[C@H]3C[C@H](O)[C@]12C.[Gd]. The van der Waals surface area contributed by atoms with Gasteiger partial charge in [-0.1, -0.05) is 32.9 Å². The molecular formula is C48H73GdN5O16. The van der Waals surface area contributed by atoms with Crippen LogP contribution in [0.5, 0.6) is 0 Å². The van der Waals surface area contributed by atoms with Crippen molar-refractivity contribution in [2.75, 3.05) is 70.8 Å². The Kier molecular flexibility index (Phi) is 22.4. The fourth-order valence-electron chi connectivity index (χ4n) is 12.6. The van der Waals surface area contributed by atoms with Crippen LogP contribution in [0.1, 0.15) is 84.1 Å². The summed E-state index contributed by atoms with van der Waals surface area (Å²) in [4.78, 5) is 87.2. The van der Waals surface area contributed by atoms with E-state index in [9.17, 15) is 64.2 Å². The molecule has 2 amide bonds. The summed E-state index contributed by atoms with van der Waals surface area (Å²) in [6, 6.07) is 4.99. The summed E-state index contributed by atoms with van der Waals surface area (Å²) >= 11 is 0. The van der Waals surface area contributed by atoms with Crippen LogP contribution in [0.15, 0.2) is 24.3 Å². The van der Waals surface area contributed by atoms with Gasteiger partial charge in [-0.25, -0.2) is 0 Å². The quantitative estimate of drug-likeness (QED) is 0.0594. The van der Waals surface area contributed by atoms with Gasteiger partial charge in [0.15, 0.2) is 0 Å². The third kappa shape index (κ3) is 15.5. The molecule has 0 aliphatic heterocycles. The van der Waals surface area contributed by atoms with Crippen molar-refractivity contribution in [3.05, 3.63) is 29.8 Å². The number of aliphatic hydroxyl groups excluding tert-OH is 3. The number of ether oxygens (including phenoxy) is 1. The first-order chi connectivity index (χ1) is 32.5. The monoisotopic (exact) mass is 1130 g/mol. The molecule has 4 aliphatic rings. The predicted molar refractivity (Wildman–Crippen MR) is 247 cm³/mol. The van der Waals surface area contributed by atoms with E-state index in [-0.39, 0.29) is 144 Å². The minimum atomic E-state index is -1.46. The molecule has 0 aromatic heterocycles. The molecule has 0 heterocycles. The van der Waals surface area contributed by atoms with Crippen LogP contribution in [0.4, 0.5) is 5.69 Å². The van der Waals surface area contributed by atoms with Crippen molar-refractivity contribution in [3.8, 4) is 0 Å². The summed E-state index contributed by atoms with van der Waals surface area (Å²) in [6.07, 6.45) is 5.00. The fourth-order valence-corrected chi connectivity index (χ4v) is 12.6. The van der Waals surface area contributed by atoms with Crippen molar-refractivity contribution >= 4 is 47.3 Å². The van der Waals surface area contributed by atoms with Gasteiger partial charge in [-0.3, -0.25) is 48.3 Å². The van der Waals surface area contributed by atoms with E-state index in [1.807, 2.05) is 0 Å². The van der Waals surface area contributed by atoms with Crippen LogP contribution in [-0.2, 0) is 44.9 Å². The van der Waals surface area contributed by atoms with Gasteiger partial charge >= 0.3 is 29.8 Å². The molecule has 394 valence electrons. The third-order valence-electron chi connectivity index (χ3n) is 16.2. The van der Waals surface area contributed by atoms with Crippen LogP contribution in [-0.4, -0.2) is 187 Å². The van der Waals surface area contributed by atoms with Crippen LogP contribution in [0.2, 0.25) is 0 Å². The zero-order valence-electron chi connectivity index (χ0n) is 40.3. The largest absolute Gasteiger partial charge is 0.480 e. The van der Waals surface area contributed by atoms with Gasteiger partial charge in [0.1, 0.15) is 6.04 Å². The van der Waals surface area contributed by atoms with E-state index in [4.69, 9.17) is 14.9 Å². The second-order valence-corrected chi connectivity index (χ2v) is 20.5. The number of anilines is 1. The maximum Gasteiger partial charge on any atom is 0.323 e. The maximum absolute atomic E-state index is 13.0. The summed E-state index contributed by atoms with van der Waals surface area (Å²) in [5.41, 5.74) is 0.618. The zero-order valence-corrected chi connectivity index (χ0v) is 42.5. The average Bonchev–Trinajstić information content (AvgIpc) is 3.63. The molecule has 0 saturated heterocycles. The van der Waals surface area contributed by atoms with E-state index in [1.165, 1.54) is 4.90 Å². The Bertz CT molecular complexity index is 1970. The normalized spacial score (nSPS) is 28.9. The molecule has 4 aliphatic carbocycles. The molecule has 4 saturated carbocycles. The summed E-state index contributed by atoms with van der Waals surface area (Å²) in [6.45, 7) is 2.65. The predicted octanol–water partition coefficient (Wildman–Crippen LogP) is 1.33. The summed E-state index contributed by atoms with van der Waals surface area (Å²) < 4.78 is 5.67. The van der Waals surface area contributed by atoms with Crippen molar-refractivity contribution < 1.29 is 119 Å². The van der Waals surface area contributed by atoms with Gasteiger partial charge in [0.25, 0.3) is 0 Å². The molecule has 0 radical (unpaired) electrons. The van der Waals surface area contributed by atoms with Gasteiger partial charge in [-0.05, 0) is 115 Å². The van der Waals surface area contributed by atoms with Crippen molar-refractivity contribution in [1.29, 1.82) is 0 Å². The number of rotatable bonds is 27. The number of aliphatic carboxylic acids is 5. The van der Waals surface area contributed by atoms with Crippen LogP contribution in [0, 0.1) is 86.3 Å². The number of aliphatic hydroxyl groups is 3. The molecular weight excluding hydrogens is 1060 g/mol. The standard InChI is InChI=1S/C48H73N5O16.Gd/c1-28(33-9-10-34-45-35(20-38(56)48(33,34)3)47(2)13-12-32(54)18-30(47)19-37(45)55)4-11-39(57)49-21-40(58)50-31-7-5-29(6-8-31)26-69-27-36(46(67)68)53(25-44(65)66)17-16-51(22-41(59)60)14-15-52(23-42(61)62)24-43(63)64;/h5-8,28,30,32-38,45,54-56H,4,9-27H2,1-3H3,(H,49,57)(H,50,58)(H,59,60)(H,61,62)(H,63,64)(H,65,66)(H,67,68);/t28-,30+,32-,33-,34+,35+,36?,37-,38+,45+,47+,48-;/m1./s1. The van der Waals surface area contributed by atoms with E-state index < -0.39 is 86.8 Å². The van der Waals surface area contributed by atoms with E-state index in [1.54, 1.807) is 24.3 Å². The Morgan fingerprint density at radius 3 is 1.96 bits per heavy atom. The van der Waals surface area contributed by atoms with Crippen molar-refractivity contribution in [3.63, 3.8) is 0 Å². The van der Waals surface area contributed by atoms with E-state index in [0.717, 1.165) is 35.5 Å². The number of amides is 2. The first kappa shape index (κ1) is 59.1. The Morgan fingerprint density at radius 2 is 1.34 bits per heavy atom. The summed E-state index contributed by atoms with van der Waals surface area (Å²) in [5.74, 6) is -6.31. The summed E-state index contributed by atoms with van der Waals surface area (Å²) in [5, 5.41) is 86.5. The number of benzene rings is 1. The number of carboxylic acid groups (broad SMARTS) is 5. The Balaban J connectivity index is 0.0000107. The third-order valence-corrected chi connectivity index (χ3v) is 16.2. The number of hydrogen-bond donors (Lipinski definition) is 10. The average molecular weight is 1130 g/mol. The minimum Gasteiger partial charge on any atom is -0.480 e. The number of hydrogen-bond acceptors (Lipinski definition) is 14. The molecule has 0 spiro atoms. The van der Waals surface area contributed by atoms with E-state index in [2.05, 4.69) is 31.4 Å². The van der Waals surface area contributed by atoms with E-state index in [0.29, 0.717) is 36.9 Å². The number of nitrogens with zero attached hydrogens (tertiary/aromatic N) is 3. The summed E-state index contributed by atoms with van der Waals surface area (Å²) in [7, 11) is 0. The molecule has 10 N–H and O–H groups in total. The number of nitrogens with one attached hydrogen (secondary N) is 2. The second-order valence-electron chi connectivity index (χ2n) is 20.5. The molecule has 5 rings (SSSR count). The molecule has 22 heteroatoms. The topological polar surface area (TPSA) is 324 Å². The van der Waals surface area contributed by atoms with Gasteiger partial charge in [-0.2, -0.15) is 0 Å². The Morgan fingerprint density at radius 1 is 0.743 bits per heavy atom. The second kappa shape index (κ2) is 26.5. The van der Waals surface area contributed by atoms with Crippen molar-refractivity contribution in [2.24, 2.45) is 46.3 Å². The molecule has 21 nitrogen and oxygen atoms in total. The smallest absolute Gasteiger partial charge is 0.323 e. The Labute approximate surface area is 440 Å². The van der Waals surface area contributed by atoms with Crippen LogP contribution >= 0.6 is 0 Å². The molecule has 1 aromatic carbocycles. The first-order valence-electron chi connectivity index (χ1n) is 24.1. The number of carbonyl (C=O) groups is 7. The van der Waals surface area contributed by atoms with Crippen LogP contribution in [0.3, 0.4) is 0 Å².